The number of hydrogen-bond donors (Lipinski definition) is 1. The van der Waals surface area contributed by atoms with Gasteiger partial charge in [0.05, 0.1) is 54.3 Å². The van der Waals surface area contributed by atoms with Crippen molar-refractivity contribution in [3.05, 3.63) is 35.4 Å². The largest absolute Gasteiger partial charge is 0.496 e. The quantitative estimate of drug-likeness (QED) is 0.686. The summed E-state index contributed by atoms with van der Waals surface area (Å²) in [6.07, 6.45) is 0. The SMILES string of the molecule is COc1cc(OC)c(C(=O)NC(C)c2cc(OC)c(OC)c(OC)c2)cc1OC. The molecule has 2 aromatic rings. The number of amides is 1. The second-order valence-corrected chi connectivity index (χ2v) is 6.06. The average molecular weight is 405 g/mol. The Balaban J connectivity index is 2.36. The molecule has 29 heavy (non-hydrogen) atoms. The molecule has 0 bridgehead atoms. The molecular weight excluding hydrogens is 378 g/mol. The molecule has 0 fully saturated rings. The highest BCUT2D eigenvalue weighted by atomic mass is 16.5. The first-order chi connectivity index (χ1) is 13.9. The molecule has 8 nitrogen and oxygen atoms in total. The number of carbonyl (C=O) groups is 1. The van der Waals surface area contributed by atoms with E-state index in [0.717, 1.165) is 5.56 Å². The smallest absolute Gasteiger partial charge is 0.255 e. The van der Waals surface area contributed by atoms with E-state index in [-0.39, 0.29) is 11.9 Å². The first kappa shape index (κ1) is 22.0. The number of nitrogens with one attached hydrogen (secondary N) is 1. The van der Waals surface area contributed by atoms with Gasteiger partial charge in [-0.15, -0.1) is 0 Å². The Labute approximate surface area is 170 Å². The third kappa shape index (κ3) is 4.59. The molecule has 1 N–H and O–H groups in total. The van der Waals surface area contributed by atoms with Crippen molar-refractivity contribution >= 4 is 5.91 Å². The highest BCUT2D eigenvalue weighted by molar-refractivity contribution is 5.98. The van der Waals surface area contributed by atoms with Crippen LogP contribution in [0.4, 0.5) is 0 Å². The zero-order chi connectivity index (χ0) is 21.6. The Hall–Kier alpha value is -3.29. The molecule has 8 heteroatoms. The molecule has 2 rings (SSSR count). The zero-order valence-electron chi connectivity index (χ0n) is 17.7. The van der Waals surface area contributed by atoms with Gasteiger partial charge in [-0.2, -0.15) is 0 Å². The first-order valence-corrected chi connectivity index (χ1v) is 8.84. The van der Waals surface area contributed by atoms with Crippen molar-refractivity contribution in [1.29, 1.82) is 0 Å². The van der Waals surface area contributed by atoms with Gasteiger partial charge in [0, 0.05) is 12.1 Å². The number of carbonyl (C=O) groups excluding carboxylic acids is 1. The highest BCUT2D eigenvalue weighted by Crippen LogP contribution is 2.40. The Morgan fingerprint density at radius 3 is 1.62 bits per heavy atom. The molecule has 0 aliphatic carbocycles. The van der Waals surface area contributed by atoms with Crippen LogP contribution in [0.15, 0.2) is 24.3 Å². The molecule has 1 unspecified atom stereocenters. The maximum atomic E-state index is 12.9. The van der Waals surface area contributed by atoms with E-state index in [1.807, 2.05) is 6.92 Å². The van der Waals surface area contributed by atoms with Crippen LogP contribution in [0.3, 0.4) is 0 Å². The molecule has 0 spiro atoms. The van der Waals surface area contributed by atoms with Gasteiger partial charge in [-0.05, 0) is 24.6 Å². The van der Waals surface area contributed by atoms with Crippen LogP contribution in [-0.4, -0.2) is 48.6 Å². The summed E-state index contributed by atoms with van der Waals surface area (Å²) in [4.78, 5) is 12.9. The van der Waals surface area contributed by atoms with Crippen molar-refractivity contribution in [3.63, 3.8) is 0 Å². The topological polar surface area (TPSA) is 84.5 Å². The minimum Gasteiger partial charge on any atom is -0.496 e. The van der Waals surface area contributed by atoms with Gasteiger partial charge in [0.2, 0.25) is 5.75 Å². The lowest BCUT2D eigenvalue weighted by atomic mass is 10.1. The third-order valence-electron chi connectivity index (χ3n) is 4.48. The van der Waals surface area contributed by atoms with Crippen LogP contribution in [0.25, 0.3) is 0 Å². The fraction of sp³-hybridized carbons (Fsp3) is 0.381. The van der Waals surface area contributed by atoms with Gasteiger partial charge in [0.15, 0.2) is 23.0 Å². The second-order valence-electron chi connectivity index (χ2n) is 6.06. The van der Waals surface area contributed by atoms with Crippen molar-refractivity contribution in [2.75, 3.05) is 42.7 Å². The Morgan fingerprint density at radius 1 is 0.690 bits per heavy atom. The molecule has 0 heterocycles. The first-order valence-electron chi connectivity index (χ1n) is 8.84. The molecule has 0 radical (unpaired) electrons. The minimum atomic E-state index is -0.353. The summed E-state index contributed by atoms with van der Waals surface area (Å²) in [5.41, 5.74) is 1.11. The molecule has 158 valence electrons. The summed E-state index contributed by atoms with van der Waals surface area (Å²) in [7, 11) is 9.13. The van der Waals surface area contributed by atoms with Gasteiger partial charge >= 0.3 is 0 Å². The summed E-state index contributed by atoms with van der Waals surface area (Å²) >= 11 is 0. The highest BCUT2D eigenvalue weighted by Gasteiger charge is 2.21. The van der Waals surface area contributed by atoms with Crippen LogP contribution < -0.4 is 33.7 Å². The fourth-order valence-electron chi connectivity index (χ4n) is 2.92. The van der Waals surface area contributed by atoms with Crippen LogP contribution in [0.2, 0.25) is 0 Å². The van der Waals surface area contributed by atoms with E-state index in [2.05, 4.69) is 5.32 Å². The third-order valence-corrected chi connectivity index (χ3v) is 4.48. The van der Waals surface area contributed by atoms with Crippen molar-refractivity contribution in [3.8, 4) is 34.5 Å². The molecular formula is C21H27NO7. The van der Waals surface area contributed by atoms with Gasteiger partial charge in [0.25, 0.3) is 5.91 Å². The van der Waals surface area contributed by atoms with Gasteiger partial charge in [0.1, 0.15) is 5.75 Å². The summed E-state index contributed by atoms with van der Waals surface area (Å²) in [5, 5.41) is 2.95. The van der Waals surface area contributed by atoms with Crippen LogP contribution in [0, 0.1) is 0 Å². The van der Waals surface area contributed by atoms with E-state index in [0.29, 0.717) is 40.1 Å². The van der Waals surface area contributed by atoms with Crippen molar-refractivity contribution in [2.24, 2.45) is 0 Å². The lowest BCUT2D eigenvalue weighted by molar-refractivity contribution is 0.0936. The average Bonchev–Trinajstić information content (AvgIpc) is 2.76. The molecule has 0 saturated heterocycles. The summed E-state index contributed by atoms with van der Waals surface area (Å²) in [6, 6.07) is 6.41. The lowest BCUT2D eigenvalue weighted by Gasteiger charge is -2.20. The number of benzene rings is 2. The van der Waals surface area contributed by atoms with Crippen LogP contribution in [0.1, 0.15) is 28.9 Å². The fourth-order valence-corrected chi connectivity index (χ4v) is 2.92. The van der Waals surface area contributed by atoms with Gasteiger partial charge in [-0.1, -0.05) is 0 Å². The Kier molecular flexibility index (Phi) is 7.41. The van der Waals surface area contributed by atoms with Crippen LogP contribution in [-0.2, 0) is 0 Å². The number of rotatable bonds is 9. The van der Waals surface area contributed by atoms with Crippen molar-refractivity contribution < 1.29 is 33.2 Å². The molecule has 0 aliphatic heterocycles. The van der Waals surface area contributed by atoms with E-state index in [1.54, 1.807) is 38.5 Å². The predicted molar refractivity (Wildman–Crippen MR) is 108 cm³/mol. The van der Waals surface area contributed by atoms with E-state index in [4.69, 9.17) is 28.4 Å². The van der Waals surface area contributed by atoms with Crippen molar-refractivity contribution in [1.82, 2.24) is 5.32 Å². The molecule has 0 saturated carbocycles. The molecule has 0 aromatic heterocycles. The van der Waals surface area contributed by atoms with E-state index in [1.165, 1.54) is 28.4 Å². The molecule has 1 amide bonds. The number of ether oxygens (including phenoxy) is 6. The van der Waals surface area contributed by atoms with Crippen molar-refractivity contribution in [2.45, 2.75) is 13.0 Å². The molecule has 1 atom stereocenters. The number of hydrogen-bond acceptors (Lipinski definition) is 7. The minimum absolute atomic E-state index is 0.324. The van der Waals surface area contributed by atoms with E-state index < -0.39 is 0 Å². The summed E-state index contributed by atoms with van der Waals surface area (Å²) < 4.78 is 32.0. The molecule has 2 aromatic carbocycles. The summed E-state index contributed by atoms with van der Waals surface area (Å²) in [5.74, 6) is 2.44. The van der Waals surface area contributed by atoms with Crippen LogP contribution >= 0.6 is 0 Å². The van der Waals surface area contributed by atoms with Gasteiger partial charge in [-0.25, -0.2) is 0 Å². The molecule has 0 aliphatic rings. The maximum absolute atomic E-state index is 12.9. The Bertz CT molecular complexity index is 841. The maximum Gasteiger partial charge on any atom is 0.255 e. The Morgan fingerprint density at radius 2 is 1.17 bits per heavy atom. The predicted octanol–water partition coefficient (Wildman–Crippen LogP) is 3.23. The number of methoxy groups -OCH3 is 6. The standard InChI is InChI=1S/C21H27NO7/c1-12(13-8-18(27-5)20(29-7)19(9-13)28-6)22-21(23)14-10-16(25-3)17(26-4)11-15(14)24-2/h8-12H,1-7H3,(H,22,23). The van der Waals surface area contributed by atoms with E-state index >= 15 is 0 Å². The zero-order valence-corrected chi connectivity index (χ0v) is 17.7. The second kappa shape index (κ2) is 9.77. The van der Waals surface area contributed by atoms with Crippen LogP contribution in [0.5, 0.6) is 34.5 Å². The van der Waals surface area contributed by atoms with E-state index in [9.17, 15) is 4.79 Å². The normalized spacial score (nSPS) is 11.3. The summed E-state index contributed by atoms with van der Waals surface area (Å²) in [6.45, 7) is 1.85. The van der Waals surface area contributed by atoms with Gasteiger partial charge < -0.3 is 33.7 Å². The monoisotopic (exact) mass is 405 g/mol. The van der Waals surface area contributed by atoms with Gasteiger partial charge in [-0.3, -0.25) is 4.79 Å². The lowest BCUT2D eigenvalue weighted by Crippen LogP contribution is -2.27.